The average molecular weight is 261 g/mol. The van der Waals surface area contributed by atoms with Crippen LogP contribution in [0.2, 0.25) is 0 Å². The summed E-state index contributed by atoms with van der Waals surface area (Å²) in [5.41, 5.74) is -0.673. The molecule has 0 bridgehead atoms. The number of halogens is 6. The zero-order chi connectivity index (χ0) is 13.3. The van der Waals surface area contributed by atoms with Gasteiger partial charge in [-0.15, -0.1) is 0 Å². The molecule has 17 heavy (non-hydrogen) atoms. The van der Waals surface area contributed by atoms with Gasteiger partial charge in [0.25, 0.3) is 6.17 Å². The van der Waals surface area contributed by atoms with Crippen LogP contribution < -0.4 is 10.3 Å². The number of H-pyrrole nitrogens is 1. The van der Waals surface area contributed by atoms with E-state index in [4.69, 9.17) is 0 Å². The third-order valence-electron chi connectivity index (χ3n) is 1.59. The molecule has 3 nitrogen and oxygen atoms in total. The van der Waals surface area contributed by atoms with Crippen molar-refractivity contribution >= 4 is 0 Å². The Labute approximate surface area is 90.0 Å². The number of alkyl halides is 6. The quantitative estimate of drug-likeness (QED) is 0.848. The number of aromatic amines is 1. The van der Waals surface area contributed by atoms with Gasteiger partial charge in [-0.1, -0.05) is 0 Å². The van der Waals surface area contributed by atoms with Gasteiger partial charge in [0.05, 0.1) is 0 Å². The van der Waals surface area contributed by atoms with Crippen molar-refractivity contribution in [2.75, 3.05) is 0 Å². The molecule has 1 heterocycles. The molecule has 9 heteroatoms. The first kappa shape index (κ1) is 13.4. The summed E-state index contributed by atoms with van der Waals surface area (Å²) in [6.45, 7) is 0. The van der Waals surface area contributed by atoms with Gasteiger partial charge in [0.15, 0.2) is 0 Å². The molecule has 0 aromatic carbocycles. The Morgan fingerprint density at radius 3 is 2.18 bits per heavy atom. The van der Waals surface area contributed by atoms with Crippen LogP contribution in [0.4, 0.5) is 26.3 Å². The van der Waals surface area contributed by atoms with Gasteiger partial charge in [-0.3, -0.25) is 4.79 Å². The zero-order valence-corrected chi connectivity index (χ0v) is 7.89. The molecule has 0 amide bonds. The lowest BCUT2D eigenvalue weighted by molar-refractivity contribution is -0.305. The maximum Gasteiger partial charge on any atom is 0.439 e. The Bertz CT molecular complexity index is 420. The molecule has 0 radical (unpaired) electrons. The van der Waals surface area contributed by atoms with Crippen LogP contribution in [0.5, 0.6) is 5.75 Å². The molecule has 0 saturated carbocycles. The van der Waals surface area contributed by atoms with Gasteiger partial charge >= 0.3 is 12.3 Å². The highest BCUT2D eigenvalue weighted by Gasteiger charge is 2.59. The molecule has 1 atom stereocenters. The first-order valence-corrected chi connectivity index (χ1v) is 4.09. The van der Waals surface area contributed by atoms with Gasteiger partial charge in [0.2, 0.25) is 5.56 Å². The molecule has 0 saturated heterocycles. The van der Waals surface area contributed by atoms with Crippen molar-refractivity contribution in [1.82, 2.24) is 4.98 Å². The van der Waals surface area contributed by atoms with Gasteiger partial charge in [-0.05, 0) is 6.07 Å². The van der Waals surface area contributed by atoms with E-state index in [9.17, 15) is 31.1 Å². The normalized spacial score (nSPS) is 14.5. The lowest BCUT2D eigenvalue weighted by Gasteiger charge is -2.22. The molecule has 1 N–H and O–H groups in total. The fourth-order valence-corrected chi connectivity index (χ4v) is 0.859. The number of pyridine rings is 1. The molecule has 1 aromatic heterocycles. The summed E-state index contributed by atoms with van der Waals surface area (Å²) in [6, 6.07) is 1.43. The maximum absolute atomic E-state index is 12.7. The lowest BCUT2D eigenvalue weighted by atomic mass is 10.3. The number of ether oxygens (including phenoxy) is 1. The van der Waals surface area contributed by atoms with Gasteiger partial charge in [0.1, 0.15) is 5.75 Å². The summed E-state index contributed by atoms with van der Waals surface area (Å²) in [4.78, 5) is 12.4. The van der Waals surface area contributed by atoms with Gasteiger partial charge in [0, 0.05) is 12.3 Å². The van der Waals surface area contributed by atoms with Crippen LogP contribution in [0.25, 0.3) is 0 Å². The number of hydrogen-bond acceptors (Lipinski definition) is 2. The highest BCUT2D eigenvalue weighted by molar-refractivity contribution is 5.16. The summed E-state index contributed by atoms with van der Waals surface area (Å²) in [7, 11) is 0. The van der Waals surface area contributed by atoms with Crippen LogP contribution in [0.1, 0.15) is 0 Å². The SMILES string of the molecule is O=c1ccc(OC(F)(F)C(F)C(F)(F)F)c[nH]1. The Hall–Kier alpha value is -1.67. The van der Waals surface area contributed by atoms with Crippen molar-refractivity contribution < 1.29 is 31.1 Å². The molecule has 0 aliphatic heterocycles. The smallest absolute Gasteiger partial charge is 0.429 e. The van der Waals surface area contributed by atoms with Crippen molar-refractivity contribution in [2.24, 2.45) is 0 Å². The maximum atomic E-state index is 12.7. The molecule has 1 rings (SSSR count). The molecule has 0 spiro atoms. The third kappa shape index (κ3) is 3.40. The molecule has 1 aromatic rings. The highest BCUT2D eigenvalue weighted by Crippen LogP contribution is 2.36. The Balaban J connectivity index is 2.86. The minimum atomic E-state index is -5.74. The molecular weight excluding hydrogens is 256 g/mol. The van der Waals surface area contributed by atoms with E-state index in [1.54, 1.807) is 0 Å². The van der Waals surface area contributed by atoms with E-state index in [1.807, 2.05) is 4.98 Å². The van der Waals surface area contributed by atoms with Crippen molar-refractivity contribution in [3.8, 4) is 5.75 Å². The highest BCUT2D eigenvalue weighted by atomic mass is 19.4. The Morgan fingerprint density at radius 2 is 1.76 bits per heavy atom. The summed E-state index contributed by atoms with van der Waals surface area (Å²) in [6.07, 6.45) is -14.7. The first-order valence-electron chi connectivity index (χ1n) is 4.09. The predicted molar refractivity (Wildman–Crippen MR) is 43.6 cm³/mol. The molecular formula is C8H5F6NO2. The van der Waals surface area contributed by atoms with E-state index in [-0.39, 0.29) is 0 Å². The second-order valence-electron chi connectivity index (χ2n) is 2.96. The topological polar surface area (TPSA) is 42.1 Å². The van der Waals surface area contributed by atoms with Crippen molar-refractivity contribution in [3.05, 3.63) is 28.7 Å². The molecule has 0 fully saturated rings. The van der Waals surface area contributed by atoms with Crippen LogP contribution >= 0.6 is 0 Å². The van der Waals surface area contributed by atoms with Crippen molar-refractivity contribution in [3.63, 3.8) is 0 Å². The van der Waals surface area contributed by atoms with E-state index in [0.29, 0.717) is 12.3 Å². The predicted octanol–water partition coefficient (Wildman–Crippen LogP) is 2.25. The summed E-state index contributed by atoms with van der Waals surface area (Å²) < 4.78 is 76.5. The van der Waals surface area contributed by atoms with Crippen molar-refractivity contribution in [2.45, 2.75) is 18.5 Å². The average Bonchev–Trinajstić information content (AvgIpc) is 2.19. The second-order valence-corrected chi connectivity index (χ2v) is 2.96. The lowest BCUT2D eigenvalue weighted by Crippen LogP contribution is -2.45. The summed E-state index contributed by atoms with van der Waals surface area (Å²) in [5, 5.41) is 0. The summed E-state index contributed by atoms with van der Waals surface area (Å²) in [5.74, 6) is -0.790. The Kier molecular flexibility index (Phi) is 3.39. The number of hydrogen-bond donors (Lipinski definition) is 1. The van der Waals surface area contributed by atoms with Crippen LogP contribution in [-0.2, 0) is 0 Å². The van der Waals surface area contributed by atoms with E-state index < -0.39 is 29.8 Å². The molecule has 1 unspecified atom stereocenters. The monoisotopic (exact) mass is 261 g/mol. The van der Waals surface area contributed by atoms with Crippen LogP contribution in [0.15, 0.2) is 23.1 Å². The van der Waals surface area contributed by atoms with Crippen LogP contribution in [-0.4, -0.2) is 23.4 Å². The van der Waals surface area contributed by atoms with Gasteiger partial charge in [-0.25, -0.2) is 4.39 Å². The minimum absolute atomic E-state index is 0.597. The van der Waals surface area contributed by atoms with E-state index in [0.717, 1.165) is 6.07 Å². The number of nitrogens with one attached hydrogen (secondary N) is 1. The molecule has 96 valence electrons. The van der Waals surface area contributed by atoms with Crippen molar-refractivity contribution in [1.29, 1.82) is 0 Å². The second kappa shape index (κ2) is 4.30. The van der Waals surface area contributed by atoms with Crippen LogP contribution in [0.3, 0.4) is 0 Å². The number of rotatable bonds is 3. The third-order valence-corrected chi connectivity index (χ3v) is 1.59. The number of aromatic nitrogens is 1. The van der Waals surface area contributed by atoms with E-state index in [1.165, 1.54) is 0 Å². The molecule has 0 aliphatic carbocycles. The standard InChI is InChI=1S/C8H5F6NO2/c9-6(7(10,11)12)8(13,14)17-4-1-2-5(16)15-3-4/h1-3,6H,(H,15,16). The first-order chi connectivity index (χ1) is 7.63. The molecule has 0 aliphatic rings. The van der Waals surface area contributed by atoms with E-state index in [2.05, 4.69) is 4.74 Å². The zero-order valence-electron chi connectivity index (χ0n) is 7.89. The minimum Gasteiger partial charge on any atom is -0.429 e. The summed E-state index contributed by atoms with van der Waals surface area (Å²) >= 11 is 0. The fourth-order valence-electron chi connectivity index (χ4n) is 0.859. The van der Waals surface area contributed by atoms with Crippen LogP contribution in [0, 0.1) is 0 Å². The van der Waals surface area contributed by atoms with E-state index >= 15 is 0 Å². The Morgan fingerprint density at radius 1 is 1.18 bits per heavy atom. The van der Waals surface area contributed by atoms with Gasteiger partial charge in [-0.2, -0.15) is 22.0 Å². The largest absolute Gasteiger partial charge is 0.439 e. The fraction of sp³-hybridized carbons (Fsp3) is 0.375. The van der Waals surface area contributed by atoms with Gasteiger partial charge < -0.3 is 9.72 Å².